The highest BCUT2D eigenvalue weighted by Gasteiger charge is 2.47. The van der Waals surface area contributed by atoms with Gasteiger partial charge in [0, 0.05) is 0 Å². The maximum absolute atomic E-state index is 7.43. The lowest BCUT2D eigenvalue weighted by Crippen LogP contribution is -2.21. The Bertz CT molecular complexity index is 236. The molecule has 2 aliphatic carbocycles. The Labute approximate surface area is 66.1 Å². The van der Waals surface area contributed by atoms with Crippen LogP contribution in [0.2, 0.25) is 0 Å². The molecule has 2 bridgehead atoms. The molecule has 2 saturated carbocycles. The summed E-state index contributed by atoms with van der Waals surface area (Å²) in [6.07, 6.45) is 3.78. The molecule has 0 aromatic heterocycles. The van der Waals surface area contributed by atoms with E-state index in [0.29, 0.717) is 5.92 Å². The summed E-state index contributed by atoms with van der Waals surface area (Å²) < 4.78 is 14.9. The van der Waals surface area contributed by atoms with Gasteiger partial charge in [-0.05, 0) is 36.5 Å². The summed E-state index contributed by atoms with van der Waals surface area (Å²) in [4.78, 5) is 0. The standard InChI is InChI=1S/C10H16/c1-7-8-4-5-9(6-8)10(7,2)3/h8-9H,1,4-6H2,2-3H3/t8-,9+/m0/s1/i1+1D2. The summed E-state index contributed by atoms with van der Waals surface area (Å²) in [5, 5.41) is 0. The van der Waals surface area contributed by atoms with Crippen molar-refractivity contribution in [1.29, 1.82) is 0 Å². The first-order chi connectivity index (χ1) is 5.53. The van der Waals surface area contributed by atoms with Gasteiger partial charge in [-0.25, -0.2) is 0 Å². The molecule has 0 aliphatic heterocycles. The van der Waals surface area contributed by atoms with Crippen LogP contribution in [0.1, 0.15) is 35.9 Å². The normalized spacial score (nSPS) is 45.2. The van der Waals surface area contributed by atoms with Crippen LogP contribution in [0.3, 0.4) is 0 Å². The molecular formula is C10H16. The van der Waals surface area contributed by atoms with Crippen LogP contribution in [0.4, 0.5) is 0 Å². The van der Waals surface area contributed by atoms with Crippen LogP contribution in [0.15, 0.2) is 12.1 Å². The maximum atomic E-state index is 7.43. The van der Waals surface area contributed by atoms with Gasteiger partial charge in [-0.2, -0.15) is 0 Å². The van der Waals surface area contributed by atoms with Gasteiger partial charge >= 0.3 is 0 Å². The van der Waals surface area contributed by atoms with Crippen LogP contribution >= 0.6 is 0 Å². The molecule has 56 valence electrons. The third kappa shape index (κ3) is 0.574. The van der Waals surface area contributed by atoms with E-state index < -0.39 is 0 Å². The molecule has 0 aromatic rings. The van der Waals surface area contributed by atoms with Gasteiger partial charge in [0.2, 0.25) is 0 Å². The molecular weight excluding hydrogens is 121 g/mol. The van der Waals surface area contributed by atoms with Gasteiger partial charge in [-0.1, -0.05) is 26.0 Å². The van der Waals surface area contributed by atoms with Gasteiger partial charge in [-0.3, -0.25) is 0 Å². The van der Waals surface area contributed by atoms with E-state index in [1.165, 1.54) is 19.3 Å². The lowest BCUT2D eigenvalue weighted by atomic mass is 9.75. The Kier molecular flexibility index (Phi) is 0.763. The quantitative estimate of drug-likeness (QED) is 0.357. The first kappa shape index (κ1) is 4.58. The van der Waals surface area contributed by atoms with Crippen LogP contribution in [-0.4, -0.2) is 0 Å². The molecule has 2 fully saturated rings. The molecule has 0 heteroatoms. The summed E-state index contributed by atoms with van der Waals surface area (Å²) in [5.41, 5.74) is 1.28. The molecule has 0 N–H and O–H groups in total. The van der Waals surface area contributed by atoms with Gasteiger partial charge < -0.3 is 0 Å². The Hall–Kier alpha value is -0.260. The Morgan fingerprint density at radius 2 is 2.40 bits per heavy atom. The molecule has 0 saturated heterocycles. The number of fused-ring (bicyclic) bond motifs is 2. The first-order valence-corrected chi connectivity index (χ1v) is 4.21. The van der Waals surface area contributed by atoms with E-state index in [1.807, 2.05) is 0 Å². The molecule has 0 unspecified atom stereocenters. The van der Waals surface area contributed by atoms with E-state index in [1.54, 1.807) is 0 Å². The lowest BCUT2D eigenvalue weighted by Gasteiger charge is -2.31. The highest BCUT2D eigenvalue weighted by atomic mass is 14.5. The molecule has 2 rings (SSSR count). The summed E-state index contributed by atoms with van der Waals surface area (Å²) in [6, 6.07) is 0. The summed E-state index contributed by atoms with van der Waals surface area (Å²) in [7, 11) is 0. The molecule has 0 aromatic carbocycles. The fraction of sp³-hybridized carbons (Fsp3) is 0.800. The fourth-order valence-electron chi connectivity index (χ4n) is 2.65. The highest BCUT2D eigenvalue weighted by molar-refractivity contribution is 5.22. The summed E-state index contributed by atoms with van der Waals surface area (Å²) in [6.45, 7) is 4.50. The van der Waals surface area contributed by atoms with Crippen LogP contribution in [-0.2, 0) is 0 Å². The number of hydrogen-bond acceptors (Lipinski definition) is 0. The molecule has 10 heavy (non-hydrogen) atoms. The molecule has 0 heterocycles. The van der Waals surface area contributed by atoms with Crippen molar-refractivity contribution in [2.24, 2.45) is 17.3 Å². The SMILES string of the molecule is [2H][13C]([2H])=C1[C@H]2CC[C@H](C2)C1(C)C. The summed E-state index contributed by atoms with van der Waals surface area (Å²) in [5.74, 6) is 1.33. The minimum atomic E-state index is 0.0900. The van der Waals surface area contributed by atoms with E-state index in [2.05, 4.69) is 13.8 Å². The van der Waals surface area contributed by atoms with Crippen molar-refractivity contribution in [3.05, 3.63) is 12.1 Å². The Balaban J connectivity index is 2.42. The maximum Gasteiger partial charge on any atom is 0.0538 e. The Morgan fingerprint density at radius 1 is 1.60 bits per heavy atom. The second kappa shape index (κ2) is 1.66. The monoisotopic (exact) mass is 139 g/mol. The van der Waals surface area contributed by atoms with E-state index in [0.717, 1.165) is 11.5 Å². The van der Waals surface area contributed by atoms with Crippen molar-refractivity contribution in [2.45, 2.75) is 33.1 Å². The van der Waals surface area contributed by atoms with Crippen molar-refractivity contribution in [2.75, 3.05) is 0 Å². The third-order valence-electron chi connectivity index (χ3n) is 3.56. The van der Waals surface area contributed by atoms with Crippen molar-refractivity contribution >= 4 is 0 Å². The minimum absolute atomic E-state index is 0.0900. The van der Waals surface area contributed by atoms with Gasteiger partial charge in [0.15, 0.2) is 0 Å². The lowest BCUT2D eigenvalue weighted by molar-refractivity contribution is 0.289. The predicted molar refractivity (Wildman–Crippen MR) is 43.8 cm³/mol. The van der Waals surface area contributed by atoms with E-state index in [-0.39, 0.29) is 11.9 Å². The predicted octanol–water partition coefficient (Wildman–Crippen LogP) is 3.00. The molecule has 2 aliphatic rings. The molecule has 0 nitrogen and oxygen atoms in total. The molecule has 0 radical (unpaired) electrons. The van der Waals surface area contributed by atoms with Crippen LogP contribution in [0.5, 0.6) is 0 Å². The van der Waals surface area contributed by atoms with E-state index >= 15 is 0 Å². The first-order valence-electron chi connectivity index (χ1n) is 5.21. The molecule has 0 spiro atoms. The average molecular weight is 139 g/mol. The average Bonchev–Trinajstić information content (AvgIpc) is 2.41. The second-order valence-electron chi connectivity index (χ2n) is 4.34. The van der Waals surface area contributed by atoms with Crippen molar-refractivity contribution in [1.82, 2.24) is 0 Å². The largest absolute Gasteiger partial charge is 0.0990 e. The topological polar surface area (TPSA) is 0 Å². The number of rotatable bonds is 0. The zero-order chi connectivity index (χ0) is 8.93. The second-order valence-corrected chi connectivity index (χ2v) is 4.34. The van der Waals surface area contributed by atoms with E-state index in [9.17, 15) is 0 Å². The van der Waals surface area contributed by atoms with Gasteiger partial charge in [0.05, 0.1) is 2.74 Å². The van der Waals surface area contributed by atoms with Crippen molar-refractivity contribution in [3.63, 3.8) is 0 Å². The van der Waals surface area contributed by atoms with Crippen molar-refractivity contribution in [3.8, 4) is 0 Å². The number of hydrogen-bond donors (Lipinski definition) is 0. The van der Waals surface area contributed by atoms with Crippen LogP contribution < -0.4 is 0 Å². The van der Waals surface area contributed by atoms with Crippen LogP contribution in [0, 0.1) is 17.3 Å². The van der Waals surface area contributed by atoms with Crippen LogP contribution in [0.25, 0.3) is 0 Å². The zero-order valence-electron chi connectivity index (χ0n) is 8.78. The Morgan fingerprint density at radius 3 is 2.80 bits per heavy atom. The smallest absolute Gasteiger partial charge is 0.0538 e. The van der Waals surface area contributed by atoms with Crippen molar-refractivity contribution < 1.29 is 2.74 Å². The van der Waals surface area contributed by atoms with Gasteiger partial charge in [-0.15, -0.1) is 0 Å². The van der Waals surface area contributed by atoms with Gasteiger partial charge in [0.25, 0.3) is 0 Å². The molecule has 0 amide bonds. The molecule has 2 atom stereocenters. The summed E-state index contributed by atoms with van der Waals surface area (Å²) >= 11 is 0. The minimum Gasteiger partial charge on any atom is -0.0990 e. The highest BCUT2D eigenvalue weighted by Crippen LogP contribution is 2.58. The number of allylic oxidation sites excluding steroid dienone is 1. The van der Waals surface area contributed by atoms with E-state index in [4.69, 9.17) is 2.74 Å². The zero-order valence-corrected chi connectivity index (χ0v) is 6.78. The third-order valence-corrected chi connectivity index (χ3v) is 3.56. The fourth-order valence-corrected chi connectivity index (χ4v) is 2.65. The van der Waals surface area contributed by atoms with Gasteiger partial charge in [0.1, 0.15) is 0 Å².